The SMILES string of the molecule is O=C(O)c1ccccc1CN1CCC([C@H](O)Cc2ccccc2)CC1. The minimum Gasteiger partial charge on any atom is -0.478 e. The number of benzene rings is 2. The van der Waals surface area contributed by atoms with E-state index in [0.29, 0.717) is 24.4 Å². The molecule has 1 saturated heterocycles. The molecule has 132 valence electrons. The van der Waals surface area contributed by atoms with Crippen LogP contribution in [0.15, 0.2) is 54.6 Å². The Balaban J connectivity index is 1.53. The maximum absolute atomic E-state index is 11.3. The van der Waals surface area contributed by atoms with Gasteiger partial charge in [-0.05, 0) is 55.5 Å². The number of piperidine rings is 1. The highest BCUT2D eigenvalue weighted by molar-refractivity contribution is 5.89. The van der Waals surface area contributed by atoms with Gasteiger partial charge in [-0.2, -0.15) is 0 Å². The summed E-state index contributed by atoms with van der Waals surface area (Å²) in [5, 5.41) is 19.8. The first-order valence-corrected chi connectivity index (χ1v) is 8.89. The van der Waals surface area contributed by atoms with Gasteiger partial charge in [-0.15, -0.1) is 0 Å². The minimum atomic E-state index is -0.872. The Labute approximate surface area is 148 Å². The van der Waals surface area contributed by atoms with E-state index in [1.165, 1.54) is 5.56 Å². The average Bonchev–Trinajstić information content (AvgIpc) is 2.63. The zero-order valence-corrected chi connectivity index (χ0v) is 14.3. The summed E-state index contributed by atoms with van der Waals surface area (Å²) in [4.78, 5) is 13.6. The molecule has 0 aromatic heterocycles. The number of carboxylic acids is 1. The number of aromatic carboxylic acids is 1. The Bertz CT molecular complexity index is 693. The van der Waals surface area contributed by atoms with Gasteiger partial charge in [-0.1, -0.05) is 48.5 Å². The maximum Gasteiger partial charge on any atom is 0.336 e. The standard InChI is InChI=1S/C21H25NO3/c23-20(14-16-6-2-1-3-7-16)17-10-12-22(13-11-17)15-18-8-4-5-9-19(18)21(24)25/h1-9,17,20,23H,10-15H2,(H,24,25)/t20-/m1/s1. The van der Waals surface area contributed by atoms with Crippen LogP contribution in [0.4, 0.5) is 0 Å². The molecule has 0 spiro atoms. The van der Waals surface area contributed by atoms with Gasteiger partial charge in [-0.3, -0.25) is 4.90 Å². The van der Waals surface area contributed by atoms with Crippen LogP contribution in [0.5, 0.6) is 0 Å². The first-order valence-electron chi connectivity index (χ1n) is 8.89. The molecule has 25 heavy (non-hydrogen) atoms. The van der Waals surface area contributed by atoms with Crippen LogP contribution >= 0.6 is 0 Å². The Morgan fingerprint density at radius 2 is 1.68 bits per heavy atom. The van der Waals surface area contributed by atoms with E-state index in [1.54, 1.807) is 12.1 Å². The van der Waals surface area contributed by atoms with E-state index in [4.69, 9.17) is 0 Å². The van der Waals surface area contributed by atoms with Crippen molar-refractivity contribution in [1.29, 1.82) is 0 Å². The fraction of sp³-hybridized carbons (Fsp3) is 0.381. The normalized spacial score (nSPS) is 17.3. The molecule has 1 aliphatic heterocycles. The number of aliphatic hydroxyl groups excluding tert-OH is 1. The van der Waals surface area contributed by atoms with Gasteiger partial charge < -0.3 is 10.2 Å². The number of carbonyl (C=O) groups is 1. The summed E-state index contributed by atoms with van der Waals surface area (Å²) in [5.41, 5.74) is 2.42. The molecular weight excluding hydrogens is 314 g/mol. The molecule has 0 bridgehead atoms. The van der Waals surface area contributed by atoms with E-state index in [-0.39, 0.29) is 6.10 Å². The quantitative estimate of drug-likeness (QED) is 0.848. The highest BCUT2D eigenvalue weighted by atomic mass is 16.4. The van der Waals surface area contributed by atoms with Crippen molar-refractivity contribution in [3.05, 3.63) is 71.3 Å². The van der Waals surface area contributed by atoms with Gasteiger partial charge in [0.05, 0.1) is 11.7 Å². The molecule has 4 nitrogen and oxygen atoms in total. The highest BCUT2D eigenvalue weighted by Gasteiger charge is 2.26. The predicted molar refractivity (Wildman–Crippen MR) is 97.6 cm³/mol. The smallest absolute Gasteiger partial charge is 0.336 e. The Morgan fingerprint density at radius 3 is 2.36 bits per heavy atom. The van der Waals surface area contributed by atoms with Crippen LogP contribution in [0, 0.1) is 5.92 Å². The zero-order valence-electron chi connectivity index (χ0n) is 14.3. The molecular formula is C21H25NO3. The third kappa shape index (κ3) is 4.68. The van der Waals surface area contributed by atoms with Gasteiger partial charge in [-0.25, -0.2) is 4.79 Å². The summed E-state index contributed by atoms with van der Waals surface area (Å²) in [6.45, 7) is 2.44. The monoisotopic (exact) mass is 339 g/mol. The molecule has 0 amide bonds. The number of carboxylic acid groups (broad SMARTS) is 1. The molecule has 0 unspecified atom stereocenters. The van der Waals surface area contributed by atoms with Crippen LogP contribution in [-0.2, 0) is 13.0 Å². The zero-order chi connectivity index (χ0) is 17.6. The molecule has 1 atom stereocenters. The van der Waals surface area contributed by atoms with Crippen molar-refractivity contribution >= 4 is 5.97 Å². The van der Waals surface area contributed by atoms with E-state index in [0.717, 1.165) is 31.5 Å². The first-order chi connectivity index (χ1) is 12.1. The van der Waals surface area contributed by atoms with Crippen molar-refractivity contribution in [3.63, 3.8) is 0 Å². The van der Waals surface area contributed by atoms with E-state index in [2.05, 4.69) is 17.0 Å². The lowest BCUT2D eigenvalue weighted by molar-refractivity contribution is 0.0573. The van der Waals surface area contributed by atoms with Crippen LogP contribution in [0.2, 0.25) is 0 Å². The van der Waals surface area contributed by atoms with Crippen molar-refractivity contribution in [2.45, 2.75) is 31.9 Å². The molecule has 4 heteroatoms. The van der Waals surface area contributed by atoms with Crippen molar-refractivity contribution in [2.24, 2.45) is 5.92 Å². The van der Waals surface area contributed by atoms with E-state index >= 15 is 0 Å². The number of hydrogen-bond acceptors (Lipinski definition) is 3. The molecule has 3 rings (SSSR count). The maximum atomic E-state index is 11.3. The van der Waals surface area contributed by atoms with Gasteiger partial charge >= 0.3 is 5.97 Å². The molecule has 2 aromatic carbocycles. The van der Waals surface area contributed by atoms with Gasteiger partial charge in [0, 0.05) is 6.54 Å². The summed E-state index contributed by atoms with van der Waals surface area (Å²) in [5.74, 6) is -0.560. The molecule has 1 heterocycles. The number of nitrogens with zero attached hydrogens (tertiary/aromatic N) is 1. The van der Waals surface area contributed by atoms with Crippen molar-refractivity contribution < 1.29 is 15.0 Å². The van der Waals surface area contributed by atoms with Crippen molar-refractivity contribution in [2.75, 3.05) is 13.1 Å². The highest BCUT2D eigenvalue weighted by Crippen LogP contribution is 2.24. The summed E-state index contributed by atoms with van der Waals surface area (Å²) in [6.07, 6.45) is 2.29. The number of hydrogen-bond donors (Lipinski definition) is 2. The van der Waals surface area contributed by atoms with Gasteiger partial charge in [0.1, 0.15) is 0 Å². The second kappa shape index (κ2) is 8.28. The molecule has 0 aliphatic carbocycles. The van der Waals surface area contributed by atoms with Gasteiger partial charge in [0.25, 0.3) is 0 Å². The molecule has 2 N–H and O–H groups in total. The molecule has 2 aromatic rings. The number of rotatable bonds is 6. The lowest BCUT2D eigenvalue weighted by Gasteiger charge is -2.34. The topological polar surface area (TPSA) is 60.8 Å². The predicted octanol–water partition coefficient (Wildman–Crippen LogP) is 3.20. The second-order valence-electron chi connectivity index (χ2n) is 6.83. The van der Waals surface area contributed by atoms with Gasteiger partial charge in [0.2, 0.25) is 0 Å². The number of aliphatic hydroxyl groups is 1. The molecule has 1 aliphatic rings. The van der Waals surface area contributed by atoms with Crippen LogP contribution < -0.4 is 0 Å². The summed E-state index contributed by atoms with van der Waals surface area (Å²) < 4.78 is 0. The van der Waals surface area contributed by atoms with Crippen molar-refractivity contribution in [3.8, 4) is 0 Å². The van der Waals surface area contributed by atoms with Crippen LogP contribution in [-0.4, -0.2) is 40.3 Å². The summed E-state index contributed by atoms with van der Waals surface area (Å²) in [7, 11) is 0. The van der Waals surface area contributed by atoms with E-state index in [9.17, 15) is 15.0 Å². The Kier molecular flexibility index (Phi) is 5.84. The first kappa shape index (κ1) is 17.6. The van der Waals surface area contributed by atoms with E-state index in [1.807, 2.05) is 30.3 Å². The fourth-order valence-electron chi connectivity index (χ4n) is 3.63. The Hall–Kier alpha value is -2.17. The Morgan fingerprint density at radius 1 is 1.04 bits per heavy atom. The summed E-state index contributed by atoms with van der Waals surface area (Å²) in [6, 6.07) is 17.3. The third-order valence-electron chi connectivity index (χ3n) is 5.11. The van der Waals surface area contributed by atoms with Crippen LogP contribution in [0.3, 0.4) is 0 Å². The molecule has 0 saturated carbocycles. The lowest BCUT2D eigenvalue weighted by atomic mass is 9.87. The second-order valence-corrected chi connectivity index (χ2v) is 6.83. The van der Waals surface area contributed by atoms with Crippen molar-refractivity contribution in [1.82, 2.24) is 4.90 Å². The average molecular weight is 339 g/mol. The molecule has 1 fully saturated rings. The largest absolute Gasteiger partial charge is 0.478 e. The van der Waals surface area contributed by atoms with E-state index < -0.39 is 5.97 Å². The third-order valence-corrected chi connectivity index (χ3v) is 5.11. The van der Waals surface area contributed by atoms with Gasteiger partial charge in [0.15, 0.2) is 0 Å². The minimum absolute atomic E-state index is 0.309. The number of likely N-dealkylation sites (tertiary alicyclic amines) is 1. The fourth-order valence-corrected chi connectivity index (χ4v) is 3.63. The molecule has 0 radical (unpaired) electrons. The lowest BCUT2D eigenvalue weighted by Crippen LogP contribution is -2.38. The van der Waals surface area contributed by atoms with Crippen LogP contribution in [0.25, 0.3) is 0 Å². The summed E-state index contributed by atoms with van der Waals surface area (Å²) >= 11 is 0. The van der Waals surface area contributed by atoms with Crippen LogP contribution in [0.1, 0.15) is 34.3 Å².